The van der Waals surface area contributed by atoms with Gasteiger partial charge in [0, 0.05) is 17.2 Å². The molecule has 1 aliphatic carbocycles. The van der Waals surface area contributed by atoms with Crippen LogP contribution in [0.15, 0.2) is 66.7 Å². The van der Waals surface area contributed by atoms with Crippen molar-refractivity contribution in [1.82, 2.24) is 0 Å². The molecule has 0 saturated carbocycles. The van der Waals surface area contributed by atoms with Gasteiger partial charge in [-0.2, -0.15) is 0 Å². The molecule has 4 aromatic rings. The van der Waals surface area contributed by atoms with E-state index in [1.807, 2.05) is 65.8 Å². The first-order valence-electron chi connectivity index (χ1n) is 13.5. The van der Waals surface area contributed by atoms with Gasteiger partial charge in [-0.3, -0.25) is 14.4 Å². The molecule has 1 aliphatic rings. The number of carbonyl (C=O) groups is 3. The summed E-state index contributed by atoms with van der Waals surface area (Å²) in [6.45, 7) is 12.2. The predicted molar refractivity (Wildman–Crippen MR) is 153 cm³/mol. The summed E-state index contributed by atoms with van der Waals surface area (Å²) in [6.07, 6.45) is 0.0113. The molecule has 0 saturated heterocycles. The Kier molecular flexibility index (Phi) is 6.61. The summed E-state index contributed by atoms with van der Waals surface area (Å²) in [5, 5.41) is 11.8. The lowest BCUT2D eigenvalue weighted by Crippen LogP contribution is -2.24. The van der Waals surface area contributed by atoms with Gasteiger partial charge < -0.3 is 9.84 Å². The SMILES string of the molecule is CC(C)(C)c1cc(CC(=O)Oc2cccc3ccc(C4C(=O)c5ccccc5C4=O)[nH+]c23)cc(C(C)(C)C)c1O. The second-order valence-corrected chi connectivity index (χ2v) is 12.5. The lowest BCUT2D eigenvalue weighted by Gasteiger charge is -2.28. The number of H-pyrrole nitrogens is 1. The Hall–Kier alpha value is -4.32. The molecule has 6 nitrogen and oxygen atoms in total. The summed E-state index contributed by atoms with van der Waals surface area (Å²) >= 11 is 0. The van der Waals surface area contributed by atoms with Crippen LogP contribution in [-0.4, -0.2) is 22.6 Å². The van der Waals surface area contributed by atoms with E-state index in [2.05, 4.69) is 4.98 Å². The van der Waals surface area contributed by atoms with Crippen molar-refractivity contribution in [2.24, 2.45) is 0 Å². The van der Waals surface area contributed by atoms with Gasteiger partial charge in [-0.15, -0.1) is 0 Å². The number of hydrogen-bond acceptors (Lipinski definition) is 5. The standard InChI is InChI=1S/C34H33NO5/c1-33(2,3)23-16-19(17-24(32(23)39)34(4,5)6)18-27(36)40-26-13-9-10-20-14-15-25(35-29(20)26)28-30(37)21-11-7-8-12-22(21)31(28)38/h7-17,28,39H,18H2,1-6H3/p+1. The molecule has 3 aromatic carbocycles. The molecule has 0 fully saturated rings. The van der Waals surface area contributed by atoms with Gasteiger partial charge >= 0.3 is 5.97 Å². The van der Waals surface area contributed by atoms with Crippen molar-refractivity contribution in [3.63, 3.8) is 0 Å². The molecule has 5 rings (SSSR count). The number of ketones is 2. The molecule has 0 atom stereocenters. The number of rotatable bonds is 4. The normalized spacial score (nSPS) is 14.1. The Morgan fingerprint density at radius 2 is 1.40 bits per heavy atom. The number of nitrogens with one attached hydrogen (secondary N) is 1. The van der Waals surface area contributed by atoms with Gasteiger partial charge in [0.05, 0.1) is 11.8 Å². The minimum atomic E-state index is -0.964. The maximum absolute atomic E-state index is 13.2. The van der Waals surface area contributed by atoms with Crippen LogP contribution < -0.4 is 9.72 Å². The van der Waals surface area contributed by atoms with Gasteiger partial charge in [0.25, 0.3) is 5.52 Å². The van der Waals surface area contributed by atoms with Crippen molar-refractivity contribution < 1.29 is 29.2 Å². The zero-order chi connectivity index (χ0) is 29.0. The highest BCUT2D eigenvalue weighted by Crippen LogP contribution is 2.40. The first kappa shape index (κ1) is 27.3. The number of aromatic nitrogens is 1. The van der Waals surface area contributed by atoms with Crippen LogP contribution in [0.25, 0.3) is 10.9 Å². The molecular weight excluding hydrogens is 502 g/mol. The number of pyridine rings is 1. The number of Topliss-reactive ketones (excluding diaryl/α,β-unsaturated/α-hetero) is 2. The average Bonchev–Trinajstić information content (AvgIpc) is 3.13. The Morgan fingerprint density at radius 1 is 0.825 bits per heavy atom. The van der Waals surface area contributed by atoms with Gasteiger partial charge in [0.15, 0.2) is 23.2 Å². The van der Waals surface area contributed by atoms with Crippen molar-refractivity contribution in [2.45, 2.75) is 64.7 Å². The topological polar surface area (TPSA) is 94.8 Å². The number of benzene rings is 3. The quantitative estimate of drug-likeness (QED) is 0.189. The summed E-state index contributed by atoms with van der Waals surface area (Å²) in [5.41, 5.74) is 3.48. The van der Waals surface area contributed by atoms with E-state index in [1.54, 1.807) is 42.5 Å². The lowest BCUT2D eigenvalue weighted by atomic mass is 9.78. The molecule has 2 N–H and O–H groups in total. The number of ether oxygens (including phenoxy) is 1. The van der Waals surface area contributed by atoms with Crippen molar-refractivity contribution in [2.75, 3.05) is 0 Å². The van der Waals surface area contributed by atoms with Crippen LogP contribution in [0.5, 0.6) is 11.5 Å². The van der Waals surface area contributed by atoms with E-state index >= 15 is 0 Å². The van der Waals surface area contributed by atoms with E-state index in [0.29, 0.717) is 28.1 Å². The molecule has 1 heterocycles. The first-order valence-corrected chi connectivity index (χ1v) is 13.5. The third kappa shape index (κ3) is 4.90. The van der Waals surface area contributed by atoms with Gasteiger partial charge in [0.2, 0.25) is 5.75 Å². The number of phenolic OH excluding ortho intramolecular Hbond substituents is 1. The number of esters is 1. The second-order valence-electron chi connectivity index (χ2n) is 12.5. The van der Waals surface area contributed by atoms with Crippen molar-refractivity contribution in [3.8, 4) is 11.5 Å². The number of aromatic amines is 1. The maximum atomic E-state index is 13.2. The summed E-state index contributed by atoms with van der Waals surface area (Å²) < 4.78 is 5.84. The Morgan fingerprint density at radius 3 is 1.95 bits per heavy atom. The highest BCUT2D eigenvalue weighted by Gasteiger charge is 2.43. The number of aromatic hydroxyl groups is 1. The number of para-hydroxylation sites is 1. The van der Waals surface area contributed by atoms with E-state index in [4.69, 9.17) is 4.74 Å². The zero-order valence-corrected chi connectivity index (χ0v) is 23.7. The van der Waals surface area contributed by atoms with Crippen molar-refractivity contribution in [1.29, 1.82) is 0 Å². The summed E-state index contributed by atoms with van der Waals surface area (Å²) in [5.74, 6) is -1.35. The highest BCUT2D eigenvalue weighted by atomic mass is 16.5. The molecule has 0 unspecified atom stereocenters. The Bertz CT molecular complexity index is 1620. The molecule has 0 spiro atoms. The van der Waals surface area contributed by atoms with Crippen LogP contribution in [0.2, 0.25) is 0 Å². The second kappa shape index (κ2) is 9.70. The minimum absolute atomic E-state index is 0.0113. The van der Waals surface area contributed by atoms with E-state index < -0.39 is 11.9 Å². The number of phenols is 1. The average molecular weight is 537 g/mol. The van der Waals surface area contributed by atoms with Crippen LogP contribution in [0.4, 0.5) is 0 Å². The summed E-state index contributed by atoms with van der Waals surface area (Å²) in [7, 11) is 0. The lowest BCUT2D eigenvalue weighted by molar-refractivity contribution is -0.358. The molecule has 0 bridgehead atoms. The third-order valence-electron chi connectivity index (χ3n) is 7.42. The largest absolute Gasteiger partial charge is 0.507 e. The van der Waals surface area contributed by atoms with Crippen molar-refractivity contribution in [3.05, 3.63) is 100 Å². The Balaban J connectivity index is 1.46. The summed E-state index contributed by atoms with van der Waals surface area (Å²) in [6, 6.07) is 19.5. The third-order valence-corrected chi connectivity index (χ3v) is 7.42. The smallest absolute Gasteiger partial charge is 0.315 e. The monoisotopic (exact) mass is 536 g/mol. The molecular formula is C34H34NO5+. The number of hydrogen-bond donors (Lipinski definition) is 1. The van der Waals surface area contributed by atoms with E-state index in [9.17, 15) is 19.5 Å². The van der Waals surface area contributed by atoms with Crippen LogP contribution in [0, 0.1) is 0 Å². The molecule has 1 aromatic heterocycles. The summed E-state index contributed by atoms with van der Waals surface area (Å²) in [4.78, 5) is 42.6. The first-order chi connectivity index (χ1) is 18.8. The number of carbonyl (C=O) groups excluding carboxylic acids is 3. The van der Waals surface area contributed by atoms with Crippen LogP contribution in [0.3, 0.4) is 0 Å². The van der Waals surface area contributed by atoms with Gasteiger partial charge in [0.1, 0.15) is 5.75 Å². The van der Waals surface area contributed by atoms with Gasteiger partial charge in [-0.05, 0) is 45.7 Å². The fraction of sp³-hybridized carbons (Fsp3) is 0.294. The molecule has 40 heavy (non-hydrogen) atoms. The molecule has 6 heteroatoms. The zero-order valence-electron chi connectivity index (χ0n) is 23.7. The van der Waals surface area contributed by atoms with Gasteiger partial charge in [-0.25, -0.2) is 4.98 Å². The van der Waals surface area contributed by atoms with Crippen LogP contribution >= 0.6 is 0 Å². The molecule has 0 radical (unpaired) electrons. The molecule has 0 aliphatic heterocycles. The highest BCUT2D eigenvalue weighted by molar-refractivity contribution is 6.29. The fourth-order valence-electron chi connectivity index (χ4n) is 5.33. The molecule has 204 valence electrons. The van der Waals surface area contributed by atoms with Crippen molar-refractivity contribution >= 4 is 28.4 Å². The van der Waals surface area contributed by atoms with E-state index in [1.165, 1.54) is 0 Å². The van der Waals surface area contributed by atoms with E-state index in [-0.39, 0.29) is 34.6 Å². The van der Waals surface area contributed by atoms with Crippen LogP contribution in [0.1, 0.15) is 90.6 Å². The van der Waals surface area contributed by atoms with Gasteiger partial charge in [-0.1, -0.05) is 84.0 Å². The fourth-order valence-corrected chi connectivity index (χ4v) is 5.33. The maximum Gasteiger partial charge on any atom is 0.315 e. The Labute approximate surface area is 234 Å². The minimum Gasteiger partial charge on any atom is -0.507 e. The van der Waals surface area contributed by atoms with E-state index in [0.717, 1.165) is 22.1 Å². The molecule has 0 amide bonds. The predicted octanol–water partition coefficient (Wildman–Crippen LogP) is 6.27. The number of fused-ring (bicyclic) bond motifs is 2. The van der Waals surface area contributed by atoms with Crippen LogP contribution in [-0.2, 0) is 22.0 Å².